The number of nitrogens with two attached hydrogens (primary N) is 1. The highest BCUT2D eigenvalue weighted by molar-refractivity contribution is 5.98. The molecule has 0 aromatic carbocycles. The van der Waals surface area contributed by atoms with Crippen LogP contribution in [0, 0.1) is 0 Å². The fourth-order valence-electron chi connectivity index (χ4n) is 2.82. The molecule has 1 aromatic rings. The van der Waals surface area contributed by atoms with Gasteiger partial charge in [0.1, 0.15) is 5.69 Å². The minimum Gasteiger partial charge on any atom is -0.395 e. The molecule has 1 fully saturated rings. The van der Waals surface area contributed by atoms with Crippen LogP contribution in [0.15, 0.2) is 0 Å². The lowest BCUT2D eigenvalue weighted by Crippen LogP contribution is -2.43. The van der Waals surface area contributed by atoms with E-state index in [4.69, 9.17) is 5.73 Å². The van der Waals surface area contributed by atoms with Crippen molar-refractivity contribution in [2.45, 2.75) is 57.6 Å². The molecule has 0 aliphatic heterocycles. The van der Waals surface area contributed by atoms with Crippen molar-refractivity contribution in [2.24, 2.45) is 7.05 Å². The van der Waals surface area contributed by atoms with Crippen LogP contribution in [0.3, 0.4) is 0 Å². The van der Waals surface area contributed by atoms with Crippen molar-refractivity contribution in [3.05, 3.63) is 11.4 Å². The lowest BCUT2D eigenvalue weighted by Gasteiger charge is -2.21. The number of rotatable bonds is 3. The number of nitrogens with one attached hydrogen (secondary N) is 1. The van der Waals surface area contributed by atoms with Crippen LogP contribution in [-0.4, -0.2) is 32.9 Å². The number of carbonyl (C=O) groups is 1. The second-order valence-electron chi connectivity index (χ2n) is 5.47. The first-order chi connectivity index (χ1) is 9.54. The highest BCUT2D eigenvalue weighted by Gasteiger charge is 2.26. The van der Waals surface area contributed by atoms with Crippen molar-refractivity contribution in [3.8, 4) is 0 Å². The first-order valence-corrected chi connectivity index (χ1v) is 7.34. The van der Waals surface area contributed by atoms with Crippen molar-refractivity contribution in [1.82, 2.24) is 15.1 Å². The van der Waals surface area contributed by atoms with Crippen LogP contribution in [0.2, 0.25) is 0 Å². The molecular formula is C14H24N4O2. The molecule has 2 atom stereocenters. The van der Waals surface area contributed by atoms with E-state index < -0.39 is 6.10 Å². The number of aromatic nitrogens is 2. The number of aliphatic hydroxyl groups excluding tert-OH is 1. The molecule has 4 N–H and O–H groups in total. The van der Waals surface area contributed by atoms with Gasteiger partial charge in [-0.05, 0) is 19.3 Å². The standard InChI is InChI=1S/C14H24N4O2/c1-3-9-12(15)13(18(2)17-9)14(20)16-10-7-5-4-6-8-11(10)19/h10-11,19H,3-8,15H2,1-2H3,(H,16,20). The predicted molar refractivity (Wildman–Crippen MR) is 77.3 cm³/mol. The summed E-state index contributed by atoms with van der Waals surface area (Å²) in [6.07, 6.45) is 4.93. The number of hydrogen-bond acceptors (Lipinski definition) is 4. The lowest BCUT2D eigenvalue weighted by atomic mass is 10.1. The van der Waals surface area contributed by atoms with Crippen molar-refractivity contribution >= 4 is 11.6 Å². The Morgan fingerprint density at radius 3 is 2.80 bits per heavy atom. The van der Waals surface area contributed by atoms with Gasteiger partial charge in [-0.15, -0.1) is 0 Å². The second kappa shape index (κ2) is 6.26. The summed E-state index contributed by atoms with van der Waals surface area (Å²) in [5.74, 6) is -0.247. The monoisotopic (exact) mass is 280 g/mol. The number of aryl methyl sites for hydroxylation is 2. The van der Waals surface area contributed by atoms with E-state index in [1.165, 1.54) is 4.68 Å². The van der Waals surface area contributed by atoms with Gasteiger partial charge in [0.25, 0.3) is 5.91 Å². The highest BCUT2D eigenvalue weighted by atomic mass is 16.3. The van der Waals surface area contributed by atoms with E-state index in [9.17, 15) is 9.90 Å². The Balaban J connectivity index is 2.13. The molecule has 20 heavy (non-hydrogen) atoms. The van der Waals surface area contributed by atoms with Gasteiger partial charge in [-0.1, -0.05) is 26.2 Å². The quantitative estimate of drug-likeness (QED) is 0.720. The maximum Gasteiger partial charge on any atom is 0.272 e. The first-order valence-electron chi connectivity index (χ1n) is 7.34. The Hall–Kier alpha value is -1.56. The van der Waals surface area contributed by atoms with E-state index in [0.717, 1.165) is 37.8 Å². The number of nitrogen functional groups attached to an aromatic ring is 1. The van der Waals surface area contributed by atoms with Crippen LogP contribution < -0.4 is 11.1 Å². The number of carbonyl (C=O) groups excluding carboxylic acids is 1. The zero-order valence-corrected chi connectivity index (χ0v) is 12.2. The van der Waals surface area contributed by atoms with Crippen LogP contribution in [0.4, 0.5) is 5.69 Å². The maximum absolute atomic E-state index is 12.4. The van der Waals surface area contributed by atoms with E-state index in [0.29, 0.717) is 17.8 Å². The molecule has 1 amide bonds. The van der Waals surface area contributed by atoms with E-state index in [1.54, 1.807) is 7.05 Å². The number of nitrogens with zero attached hydrogens (tertiary/aromatic N) is 2. The number of anilines is 1. The molecule has 1 aliphatic carbocycles. The molecule has 6 heteroatoms. The van der Waals surface area contributed by atoms with Gasteiger partial charge in [0.15, 0.2) is 0 Å². The maximum atomic E-state index is 12.4. The Morgan fingerprint density at radius 2 is 2.15 bits per heavy atom. The van der Waals surface area contributed by atoms with Crippen LogP contribution >= 0.6 is 0 Å². The van der Waals surface area contributed by atoms with E-state index >= 15 is 0 Å². The van der Waals surface area contributed by atoms with Crippen molar-refractivity contribution < 1.29 is 9.90 Å². The van der Waals surface area contributed by atoms with E-state index in [2.05, 4.69) is 10.4 Å². The number of hydrogen-bond donors (Lipinski definition) is 3. The third kappa shape index (κ3) is 2.95. The SMILES string of the molecule is CCc1nn(C)c(C(=O)NC2CCCCCC2O)c1N. The minimum atomic E-state index is -0.471. The topological polar surface area (TPSA) is 93.2 Å². The summed E-state index contributed by atoms with van der Waals surface area (Å²) in [7, 11) is 1.72. The smallest absolute Gasteiger partial charge is 0.272 e. The molecule has 1 saturated carbocycles. The Bertz CT molecular complexity index is 484. The van der Waals surface area contributed by atoms with Crippen molar-refractivity contribution in [3.63, 3.8) is 0 Å². The Kier molecular flexibility index (Phi) is 4.65. The largest absolute Gasteiger partial charge is 0.395 e. The molecule has 2 rings (SSSR count). The zero-order chi connectivity index (χ0) is 14.7. The second-order valence-corrected chi connectivity index (χ2v) is 5.47. The molecule has 0 radical (unpaired) electrons. The summed E-state index contributed by atoms with van der Waals surface area (Å²) >= 11 is 0. The molecular weight excluding hydrogens is 256 g/mol. The van der Waals surface area contributed by atoms with Gasteiger partial charge in [0, 0.05) is 7.05 Å². The fourth-order valence-corrected chi connectivity index (χ4v) is 2.82. The van der Waals surface area contributed by atoms with Crippen LogP contribution in [0.5, 0.6) is 0 Å². The van der Waals surface area contributed by atoms with Crippen LogP contribution in [-0.2, 0) is 13.5 Å². The average molecular weight is 280 g/mol. The molecule has 0 spiro atoms. The zero-order valence-electron chi connectivity index (χ0n) is 12.2. The van der Waals surface area contributed by atoms with Crippen molar-refractivity contribution in [2.75, 3.05) is 5.73 Å². The van der Waals surface area contributed by atoms with E-state index in [-0.39, 0.29) is 11.9 Å². The summed E-state index contributed by atoms with van der Waals surface area (Å²) in [4.78, 5) is 12.4. The first kappa shape index (κ1) is 14.8. The van der Waals surface area contributed by atoms with Gasteiger partial charge in [0.2, 0.25) is 0 Å². The predicted octanol–water partition coefficient (Wildman–Crippen LogP) is 0.988. The summed E-state index contributed by atoms with van der Waals surface area (Å²) in [5, 5.41) is 17.2. The molecule has 1 aliphatic rings. The van der Waals surface area contributed by atoms with Gasteiger partial charge in [-0.3, -0.25) is 9.48 Å². The average Bonchev–Trinajstić information content (AvgIpc) is 2.56. The number of amides is 1. The Morgan fingerprint density at radius 1 is 1.45 bits per heavy atom. The lowest BCUT2D eigenvalue weighted by molar-refractivity contribution is 0.0811. The van der Waals surface area contributed by atoms with Crippen LogP contribution in [0.25, 0.3) is 0 Å². The molecule has 112 valence electrons. The molecule has 6 nitrogen and oxygen atoms in total. The molecule has 2 unspecified atom stereocenters. The fraction of sp³-hybridized carbons (Fsp3) is 0.714. The summed E-state index contributed by atoms with van der Waals surface area (Å²) in [6, 6.07) is -0.190. The van der Waals surface area contributed by atoms with Gasteiger partial charge in [0.05, 0.1) is 23.5 Å². The van der Waals surface area contributed by atoms with Gasteiger partial charge < -0.3 is 16.2 Å². The minimum absolute atomic E-state index is 0.190. The Labute approximate surface area is 119 Å². The third-order valence-corrected chi connectivity index (χ3v) is 4.01. The summed E-state index contributed by atoms with van der Waals surface area (Å²) in [5.41, 5.74) is 7.54. The third-order valence-electron chi connectivity index (χ3n) is 4.01. The van der Waals surface area contributed by atoms with Gasteiger partial charge in [-0.2, -0.15) is 5.10 Å². The number of aliphatic hydroxyl groups is 1. The molecule has 0 saturated heterocycles. The molecule has 0 bridgehead atoms. The normalized spacial score (nSPS) is 23.4. The highest BCUT2D eigenvalue weighted by Crippen LogP contribution is 2.20. The summed E-state index contributed by atoms with van der Waals surface area (Å²) < 4.78 is 1.52. The van der Waals surface area contributed by atoms with Crippen LogP contribution in [0.1, 0.15) is 55.2 Å². The van der Waals surface area contributed by atoms with Crippen molar-refractivity contribution in [1.29, 1.82) is 0 Å². The van der Waals surface area contributed by atoms with Gasteiger partial charge >= 0.3 is 0 Å². The van der Waals surface area contributed by atoms with E-state index in [1.807, 2.05) is 6.92 Å². The molecule has 1 heterocycles. The van der Waals surface area contributed by atoms with Gasteiger partial charge in [-0.25, -0.2) is 0 Å². The molecule has 1 aromatic heterocycles. The summed E-state index contributed by atoms with van der Waals surface area (Å²) in [6.45, 7) is 1.95.